The molecule has 0 unspecified atom stereocenters. The van der Waals surface area contributed by atoms with Crippen molar-refractivity contribution in [3.63, 3.8) is 0 Å². The third kappa shape index (κ3) is 5.15. The van der Waals surface area contributed by atoms with E-state index in [9.17, 15) is 22.8 Å². The predicted octanol–water partition coefficient (Wildman–Crippen LogP) is 6.77. The summed E-state index contributed by atoms with van der Waals surface area (Å²) in [5.41, 5.74) is 2.13. The maximum atomic E-state index is 13.9. The molecule has 0 fully saturated rings. The van der Waals surface area contributed by atoms with Crippen LogP contribution in [0.1, 0.15) is 18.1 Å². The van der Waals surface area contributed by atoms with Crippen molar-refractivity contribution in [1.29, 1.82) is 0 Å². The van der Waals surface area contributed by atoms with Crippen LogP contribution in [0, 0.1) is 0 Å². The van der Waals surface area contributed by atoms with E-state index in [4.69, 9.17) is 0 Å². The Morgan fingerprint density at radius 3 is 2.42 bits per heavy atom. The monoisotopic (exact) mass is 517 g/mol. The Balaban J connectivity index is 1.51. The van der Waals surface area contributed by atoms with E-state index in [2.05, 4.69) is 20.9 Å². The molecule has 38 heavy (non-hydrogen) atoms. The molecule has 2 heterocycles. The molecule has 0 saturated heterocycles. The van der Waals surface area contributed by atoms with E-state index in [0.717, 1.165) is 11.8 Å². The number of alkyl halides is 3. The number of hydrogen-bond donors (Lipinski definition) is 3. The van der Waals surface area contributed by atoms with Gasteiger partial charge in [-0.25, -0.2) is 4.98 Å². The number of fused-ring (bicyclic) bond motifs is 1. The molecule has 2 amide bonds. The second-order valence-corrected chi connectivity index (χ2v) is 8.67. The smallest absolute Gasteiger partial charge is 0.353 e. The highest BCUT2D eigenvalue weighted by Crippen LogP contribution is 2.40. The van der Waals surface area contributed by atoms with Gasteiger partial charge < -0.3 is 16.0 Å². The number of carbonyl (C=O) groups excluding carboxylic acids is 2. The fourth-order valence-corrected chi connectivity index (χ4v) is 4.29. The summed E-state index contributed by atoms with van der Waals surface area (Å²) in [5, 5.41) is 8.63. The number of para-hydroxylation sites is 3. The van der Waals surface area contributed by atoms with Crippen molar-refractivity contribution >= 4 is 51.8 Å². The van der Waals surface area contributed by atoms with Gasteiger partial charge in [0, 0.05) is 36.2 Å². The molecule has 1 aliphatic heterocycles. The zero-order valence-electron chi connectivity index (χ0n) is 20.1. The van der Waals surface area contributed by atoms with Crippen molar-refractivity contribution in [2.45, 2.75) is 19.5 Å². The lowest BCUT2D eigenvalue weighted by atomic mass is 10.1. The van der Waals surface area contributed by atoms with Crippen molar-refractivity contribution in [3.05, 3.63) is 96.2 Å². The molecule has 192 valence electrons. The van der Waals surface area contributed by atoms with E-state index in [0.29, 0.717) is 28.4 Å². The van der Waals surface area contributed by atoms with E-state index < -0.39 is 11.7 Å². The summed E-state index contributed by atoms with van der Waals surface area (Å²) in [4.78, 5) is 29.6. The first-order valence-corrected chi connectivity index (χ1v) is 11.7. The van der Waals surface area contributed by atoms with Gasteiger partial charge in [-0.3, -0.25) is 14.5 Å². The Morgan fingerprint density at radius 2 is 1.68 bits per heavy atom. The highest BCUT2D eigenvalue weighted by molar-refractivity contribution is 6.02. The zero-order chi connectivity index (χ0) is 26.9. The lowest BCUT2D eigenvalue weighted by Crippen LogP contribution is -2.23. The summed E-state index contributed by atoms with van der Waals surface area (Å²) in [7, 11) is 0. The average Bonchev–Trinajstić information content (AvgIpc) is 3.24. The van der Waals surface area contributed by atoms with Crippen molar-refractivity contribution in [2.24, 2.45) is 0 Å². The van der Waals surface area contributed by atoms with Crippen LogP contribution in [0.3, 0.4) is 0 Å². The zero-order valence-corrected chi connectivity index (χ0v) is 20.1. The Labute approximate surface area is 216 Å². The topological polar surface area (TPSA) is 86.4 Å². The normalized spacial score (nSPS) is 12.5. The van der Waals surface area contributed by atoms with Crippen LogP contribution in [-0.4, -0.2) is 16.8 Å². The predicted molar refractivity (Wildman–Crippen MR) is 140 cm³/mol. The van der Waals surface area contributed by atoms with Gasteiger partial charge in [-0.05, 0) is 48.0 Å². The van der Waals surface area contributed by atoms with E-state index in [-0.39, 0.29) is 29.7 Å². The van der Waals surface area contributed by atoms with Gasteiger partial charge in [-0.2, -0.15) is 13.2 Å². The number of halogens is 3. The van der Waals surface area contributed by atoms with Gasteiger partial charge in [0.25, 0.3) is 0 Å². The Hall–Kier alpha value is -4.86. The minimum absolute atomic E-state index is 0.120. The van der Waals surface area contributed by atoms with E-state index in [1.165, 1.54) is 17.9 Å². The number of rotatable bonds is 6. The fourth-order valence-electron chi connectivity index (χ4n) is 4.29. The van der Waals surface area contributed by atoms with Crippen LogP contribution in [0.4, 0.5) is 53.1 Å². The molecule has 0 bridgehead atoms. The summed E-state index contributed by atoms with van der Waals surface area (Å²) in [5.74, 6) is -0.255. The molecule has 1 aromatic heterocycles. The number of amides is 2. The molecule has 10 heteroatoms. The molecule has 7 nitrogen and oxygen atoms in total. The second kappa shape index (κ2) is 9.89. The third-order valence-corrected chi connectivity index (χ3v) is 5.96. The lowest BCUT2D eigenvalue weighted by molar-refractivity contribution is -0.137. The van der Waals surface area contributed by atoms with Crippen molar-refractivity contribution in [2.75, 3.05) is 20.9 Å². The van der Waals surface area contributed by atoms with Crippen LogP contribution in [0.25, 0.3) is 0 Å². The van der Waals surface area contributed by atoms with Gasteiger partial charge in [-0.1, -0.05) is 30.3 Å². The minimum atomic E-state index is -4.68. The van der Waals surface area contributed by atoms with E-state index in [1.54, 1.807) is 66.7 Å². The van der Waals surface area contributed by atoms with Crippen LogP contribution in [0.15, 0.2) is 85.1 Å². The molecule has 5 rings (SSSR count). The molecular weight excluding hydrogens is 495 g/mol. The number of anilines is 7. The molecule has 0 saturated carbocycles. The lowest BCUT2D eigenvalue weighted by Gasteiger charge is -2.25. The highest BCUT2D eigenvalue weighted by Gasteiger charge is 2.35. The number of nitrogens with one attached hydrogen (secondary N) is 3. The summed E-state index contributed by atoms with van der Waals surface area (Å²) in [6.45, 7) is 1.39. The molecule has 0 radical (unpaired) electrons. The number of carbonyl (C=O) groups is 2. The molecule has 3 aromatic carbocycles. The molecule has 0 atom stereocenters. The number of nitrogens with zero attached hydrogens (tertiary/aromatic N) is 2. The first-order valence-electron chi connectivity index (χ1n) is 11.7. The molecule has 1 aliphatic rings. The van der Waals surface area contributed by atoms with Crippen LogP contribution < -0.4 is 20.9 Å². The second-order valence-electron chi connectivity index (χ2n) is 8.67. The summed E-state index contributed by atoms with van der Waals surface area (Å²) >= 11 is 0. The highest BCUT2D eigenvalue weighted by atomic mass is 19.4. The fraction of sp³-hybridized carbons (Fsp3) is 0.107. The van der Waals surface area contributed by atoms with Crippen LogP contribution in [0.2, 0.25) is 0 Å². The van der Waals surface area contributed by atoms with E-state index >= 15 is 0 Å². The Kier molecular flexibility index (Phi) is 6.46. The number of hydrogen-bond acceptors (Lipinski definition) is 5. The number of pyridine rings is 1. The summed E-state index contributed by atoms with van der Waals surface area (Å²) < 4.78 is 41.8. The molecule has 0 aliphatic carbocycles. The number of aromatic nitrogens is 1. The molecule has 0 spiro atoms. The largest absolute Gasteiger partial charge is 0.419 e. The van der Waals surface area contributed by atoms with Gasteiger partial charge >= 0.3 is 6.18 Å². The molecular formula is C28H22F3N5O2. The summed E-state index contributed by atoms with van der Waals surface area (Å²) in [6.07, 6.45) is -3.70. The third-order valence-electron chi connectivity index (χ3n) is 5.96. The standard InChI is InChI=1S/C28H22F3N5O2/c1-17(37)36(20-7-3-2-4-8-20)25-10-6-5-9-23(25)34-24-15-26(32-16-21(24)28(29,30)31)33-19-11-12-22-18(13-19)14-27(38)35-22/h2-13,15-16H,14H2,1H3,(H,35,38)(H2,32,33,34). The van der Waals surface area contributed by atoms with Gasteiger partial charge in [0.2, 0.25) is 11.8 Å². The molecule has 4 aromatic rings. The van der Waals surface area contributed by atoms with E-state index in [1.807, 2.05) is 6.07 Å². The molecule has 3 N–H and O–H groups in total. The average molecular weight is 518 g/mol. The van der Waals surface area contributed by atoms with Crippen LogP contribution >= 0.6 is 0 Å². The van der Waals surface area contributed by atoms with Crippen LogP contribution in [-0.2, 0) is 22.2 Å². The van der Waals surface area contributed by atoms with Crippen molar-refractivity contribution < 1.29 is 22.8 Å². The van der Waals surface area contributed by atoms with Crippen molar-refractivity contribution in [3.8, 4) is 0 Å². The minimum Gasteiger partial charge on any atom is -0.353 e. The number of benzene rings is 3. The SMILES string of the molecule is CC(=O)N(c1ccccc1)c1ccccc1Nc1cc(Nc2ccc3c(c2)CC(=O)N3)ncc1C(F)(F)F. The Morgan fingerprint density at radius 1 is 0.947 bits per heavy atom. The first-order chi connectivity index (χ1) is 18.2. The summed E-state index contributed by atoms with van der Waals surface area (Å²) in [6, 6.07) is 21.9. The quantitative estimate of drug-likeness (QED) is 0.263. The van der Waals surface area contributed by atoms with Crippen molar-refractivity contribution in [1.82, 2.24) is 4.98 Å². The van der Waals surface area contributed by atoms with Gasteiger partial charge in [-0.15, -0.1) is 0 Å². The van der Waals surface area contributed by atoms with Gasteiger partial charge in [0.05, 0.1) is 29.0 Å². The van der Waals surface area contributed by atoms with Gasteiger partial charge in [0.1, 0.15) is 5.82 Å². The first kappa shape index (κ1) is 24.8. The van der Waals surface area contributed by atoms with Gasteiger partial charge in [0.15, 0.2) is 0 Å². The maximum absolute atomic E-state index is 13.9. The van der Waals surface area contributed by atoms with Crippen LogP contribution in [0.5, 0.6) is 0 Å². The Bertz CT molecular complexity index is 1520. The maximum Gasteiger partial charge on any atom is 0.419 e.